The summed E-state index contributed by atoms with van der Waals surface area (Å²) in [6, 6.07) is 21.7. The van der Waals surface area contributed by atoms with Crippen molar-refractivity contribution < 1.29 is 9.66 Å². The van der Waals surface area contributed by atoms with Gasteiger partial charge in [0.25, 0.3) is 5.69 Å². The zero-order valence-corrected chi connectivity index (χ0v) is 17.5. The molecule has 5 rings (SSSR count). The van der Waals surface area contributed by atoms with Crippen molar-refractivity contribution in [1.82, 2.24) is 14.3 Å². The molecule has 0 spiro atoms. The van der Waals surface area contributed by atoms with Crippen LogP contribution in [-0.4, -0.2) is 19.3 Å². The Morgan fingerprint density at radius 3 is 2.48 bits per heavy atom. The van der Waals surface area contributed by atoms with E-state index in [4.69, 9.17) is 10.5 Å². The van der Waals surface area contributed by atoms with Crippen LogP contribution in [0.3, 0.4) is 0 Å². The SMILES string of the molecule is Cc1nn(-c2ccccc2)c2c1C(c1cccn1-c1ccc([N+](=O)[O-])cc1)C(C#N)=C(N)O2. The molecule has 9 heteroatoms. The first-order valence-electron chi connectivity index (χ1n) is 10.1. The van der Waals surface area contributed by atoms with Crippen LogP contribution in [0.5, 0.6) is 5.88 Å². The molecule has 0 radical (unpaired) electrons. The number of benzene rings is 2. The highest BCUT2D eigenvalue weighted by molar-refractivity contribution is 5.57. The van der Waals surface area contributed by atoms with Gasteiger partial charge in [0.1, 0.15) is 11.6 Å². The first-order chi connectivity index (χ1) is 16.0. The minimum absolute atomic E-state index is 0.00245. The van der Waals surface area contributed by atoms with Crippen LogP contribution in [0.2, 0.25) is 0 Å². The highest BCUT2D eigenvalue weighted by Crippen LogP contribution is 2.45. The van der Waals surface area contributed by atoms with Gasteiger partial charge >= 0.3 is 0 Å². The molecule has 1 unspecified atom stereocenters. The summed E-state index contributed by atoms with van der Waals surface area (Å²) in [5, 5.41) is 25.7. The number of allylic oxidation sites excluding steroid dienone is 1. The number of nitro benzene ring substituents is 1. The fourth-order valence-corrected chi connectivity index (χ4v) is 4.15. The summed E-state index contributed by atoms with van der Waals surface area (Å²) in [4.78, 5) is 10.6. The van der Waals surface area contributed by atoms with Crippen LogP contribution >= 0.6 is 0 Å². The van der Waals surface area contributed by atoms with Crippen molar-refractivity contribution >= 4 is 5.69 Å². The summed E-state index contributed by atoms with van der Waals surface area (Å²) in [5.41, 5.74) is 10.2. The summed E-state index contributed by atoms with van der Waals surface area (Å²) >= 11 is 0. The second kappa shape index (κ2) is 7.69. The third kappa shape index (κ3) is 3.21. The smallest absolute Gasteiger partial charge is 0.269 e. The Balaban J connectivity index is 1.69. The third-order valence-electron chi connectivity index (χ3n) is 5.65. The lowest BCUT2D eigenvalue weighted by Crippen LogP contribution is -2.23. The number of ether oxygens (including phenoxy) is 1. The van der Waals surface area contributed by atoms with Crippen molar-refractivity contribution in [2.45, 2.75) is 12.8 Å². The van der Waals surface area contributed by atoms with Crippen LogP contribution in [0.1, 0.15) is 22.9 Å². The molecule has 2 aromatic carbocycles. The number of aromatic nitrogens is 3. The van der Waals surface area contributed by atoms with Gasteiger partial charge in [-0.2, -0.15) is 10.4 Å². The highest BCUT2D eigenvalue weighted by atomic mass is 16.6. The molecule has 9 nitrogen and oxygen atoms in total. The quantitative estimate of drug-likeness (QED) is 0.378. The minimum Gasteiger partial charge on any atom is -0.422 e. The van der Waals surface area contributed by atoms with Crippen LogP contribution in [0.4, 0.5) is 5.69 Å². The molecule has 0 fully saturated rings. The number of para-hydroxylation sites is 1. The normalized spacial score (nSPS) is 15.0. The standard InChI is InChI=1S/C24H18N6O3/c1-15-21-22(20-8-5-13-28(20)16-9-11-18(12-10-16)30(31)32)19(14-25)23(26)33-24(21)29(27-15)17-6-3-2-4-7-17/h2-13,22H,26H2,1H3. The third-order valence-corrected chi connectivity index (χ3v) is 5.65. The lowest BCUT2D eigenvalue weighted by atomic mass is 9.87. The molecule has 2 N–H and O–H groups in total. The maximum atomic E-state index is 11.0. The number of hydrogen-bond donors (Lipinski definition) is 1. The van der Waals surface area contributed by atoms with Crippen LogP contribution in [0.15, 0.2) is 84.4 Å². The number of nitrogens with two attached hydrogens (primary N) is 1. The van der Waals surface area contributed by atoms with Crippen LogP contribution < -0.4 is 10.5 Å². The molecule has 0 bridgehead atoms. The number of nitrogens with zero attached hydrogens (tertiary/aromatic N) is 5. The number of fused-ring (bicyclic) bond motifs is 1. The maximum absolute atomic E-state index is 11.0. The zero-order valence-electron chi connectivity index (χ0n) is 17.5. The van der Waals surface area contributed by atoms with E-state index in [-0.39, 0.29) is 17.1 Å². The Kier molecular flexibility index (Phi) is 4.68. The lowest BCUT2D eigenvalue weighted by molar-refractivity contribution is -0.384. The number of hydrogen-bond acceptors (Lipinski definition) is 6. The Morgan fingerprint density at radius 2 is 1.82 bits per heavy atom. The predicted octanol–water partition coefficient (Wildman–Crippen LogP) is 4.10. The molecule has 3 heterocycles. The molecule has 33 heavy (non-hydrogen) atoms. The van der Waals surface area contributed by atoms with E-state index in [0.29, 0.717) is 11.6 Å². The molecule has 0 saturated heterocycles. The Labute approximate surface area is 188 Å². The second-order valence-electron chi connectivity index (χ2n) is 7.55. The number of aryl methyl sites for hydroxylation is 1. The van der Waals surface area contributed by atoms with E-state index < -0.39 is 10.8 Å². The van der Waals surface area contributed by atoms with Gasteiger partial charge in [-0.3, -0.25) is 10.1 Å². The topological polar surface area (TPSA) is 125 Å². The number of nitro groups is 1. The Bertz CT molecular complexity index is 1440. The molecule has 2 aromatic heterocycles. The summed E-state index contributed by atoms with van der Waals surface area (Å²) in [6.45, 7) is 1.87. The van der Waals surface area contributed by atoms with Crippen LogP contribution in [-0.2, 0) is 0 Å². The van der Waals surface area contributed by atoms with Gasteiger partial charge in [-0.1, -0.05) is 18.2 Å². The number of rotatable bonds is 4. The van der Waals surface area contributed by atoms with Crippen molar-refractivity contribution in [3.63, 3.8) is 0 Å². The van der Waals surface area contributed by atoms with E-state index in [1.807, 2.05) is 60.2 Å². The monoisotopic (exact) mass is 438 g/mol. The largest absolute Gasteiger partial charge is 0.422 e. The van der Waals surface area contributed by atoms with Gasteiger partial charge in [-0.05, 0) is 43.3 Å². The Morgan fingerprint density at radius 1 is 1.09 bits per heavy atom. The molecule has 0 amide bonds. The van der Waals surface area contributed by atoms with Crippen LogP contribution in [0, 0.1) is 28.4 Å². The van der Waals surface area contributed by atoms with Gasteiger partial charge in [0.05, 0.1) is 27.8 Å². The van der Waals surface area contributed by atoms with Gasteiger partial charge in [0, 0.05) is 29.7 Å². The lowest BCUT2D eigenvalue weighted by Gasteiger charge is -2.25. The summed E-state index contributed by atoms with van der Waals surface area (Å²) in [7, 11) is 0. The fraction of sp³-hybridized carbons (Fsp3) is 0.0833. The molecule has 1 atom stereocenters. The number of nitriles is 1. The molecule has 1 aliphatic heterocycles. The maximum Gasteiger partial charge on any atom is 0.269 e. The van der Waals surface area contributed by atoms with Crippen LogP contribution in [0.25, 0.3) is 11.4 Å². The van der Waals surface area contributed by atoms with E-state index in [1.54, 1.807) is 16.8 Å². The summed E-state index contributed by atoms with van der Waals surface area (Å²) < 4.78 is 9.47. The van der Waals surface area contributed by atoms with Crippen molar-refractivity contribution in [1.29, 1.82) is 5.26 Å². The highest BCUT2D eigenvalue weighted by Gasteiger charge is 2.37. The molecule has 4 aromatic rings. The van der Waals surface area contributed by atoms with Gasteiger partial charge in [0.15, 0.2) is 0 Å². The van der Waals surface area contributed by atoms with E-state index in [9.17, 15) is 15.4 Å². The molecule has 0 saturated carbocycles. The summed E-state index contributed by atoms with van der Waals surface area (Å²) in [5.74, 6) is -0.0541. The van der Waals surface area contributed by atoms with E-state index >= 15 is 0 Å². The zero-order chi connectivity index (χ0) is 23.1. The van der Waals surface area contributed by atoms with Crippen molar-refractivity contribution in [3.8, 4) is 23.3 Å². The van der Waals surface area contributed by atoms with Gasteiger partial charge in [0.2, 0.25) is 11.8 Å². The second-order valence-corrected chi connectivity index (χ2v) is 7.55. The summed E-state index contributed by atoms with van der Waals surface area (Å²) in [6.07, 6.45) is 1.84. The van der Waals surface area contributed by atoms with E-state index in [0.717, 1.165) is 22.6 Å². The molecule has 1 aliphatic rings. The van der Waals surface area contributed by atoms with Gasteiger partial charge in [-0.25, -0.2) is 4.68 Å². The Hall–Kier alpha value is -4.84. The van der Waals surface area contributed by atoms with Gasteiger partial charge in [-0.15, -0.1) is 0 Å². The number of non-ortho nitro benzene ring substituents is 1. The first kappa shape index (κ1) is 20.1. The van der Waals surface area contributed by atoms with Gasteiger partial charge < -0.3 is 15.0 Å². The molecular formula is C24H18N6O3. The predicted molar refractivity (Wildman–Crippen MR) is 120 cm³/mol. The average molecular weight is 438 g/mol. The molecule has 162 valence electrons. The van der Waals surface area contributed by atoms with Crippen molar-refractivity contribution in [2.75, 3.05) is 0 Å². The fourth-order valence-electron chi connectivity index (χ4n) is 4.15. The average Bonchev–Trinajstić information content (AvgIpc) is 3.44. The first-order valence-corrected chi connectivity index (χ1v) is 10.1. The van der Waals surface area contributed by atoms with Crippen molar-refractivity contribution in [3.05, 3.63) is 111 Å². The van der Waals surface area contributed by atoms with Crippen molar-refractivity contribution in [2.24, 2.45) is 5.73 Å². The minimum atomic E-state index is -0.526. The van der Waals surface area contributed by atoms with E-state index in [1.165, 1.54) is 12.1 Å². The molecule has 0 aliphatic carbocycles. The molecular weight excluding hydrogens is 420 g/mol. The van der Waals surface area contributed by atoms with E-state index in [2.05, 4.69) is 11.2 Å².